The first-order valence-corrected chi connectivity index (χ1v) is 12.6. The highest BCUT2D eigenvalue weighted by molar-refractivity contribution is 6.31. The van der Waals surface area contributed by atoms with Crippen molar-refractivity contribution in [3.05, 3.63) is 69.5 Å². The van der Waals surface area contributed by atoms with Gasteiger partial charge in [-0.2, -0.15) is 0 Å². The zero-order chi connectivity index (χ0) is 26.2. The van der Waals surface area contributed by atoms with Gasteiger partial charge in [0.2, 0.25) is 5.91 Å². The topological polar surface area (TPSA) is 87.4 Å². The smallest absolute Gasteiger partial charge is 0.237 e. The molecule has 1 heterocycles. The molecule has 0 spiro atoms. The Morgan fingerprint density at radius 2 is 1.77 bits per heavy atom. The summed E-state index contributed by atoms with van der Waals surface area (Å²) in [7, 11) is 0. The van der Waals surface area contributed by atoms with Crippen LogP contribution in [0.1, 0.15) is 58.1 Å². The minimum atomic E-state index is -1.14. The Morgan fingerprint density at radius 1 is 1.14 bits per heavy atom. The maximum Gasteiger partial charge on any atom is 0.237 e. The monoisotopic (exact) mass is 523 g/mol. The molecule has 8 heteroatoms. The molecule has 4 atom stereocenters. The predicted molar refractivity (Wildman–Crippen MR) is 140 cm³/mol. The third kappa shape index (κ3) is 6.00. The van der Waals surface area contributed by atoms with E-state index in [1.165, 1.54) is 6.07 Å². The van der Waals surface area contributed by atoms with E-state index in [4.69, 9.17) is 28.9 Å². The van der Waals surface area contributed by atoms with Gasteiger partial charge in [0.05, 0.1) is 16.6 Å². The van der Waals surface area contributed by atoms with Crippen LogP contribution in [-0.4, -0.2) is 36.2 Å². The minimum Gasteiger partial charge on any atom is -0.396 e. The van der Waals surface area contributed by atoms with E-state index in [9.17, 15) is 9.90 Å². The van der Waals surface area contributed by atoms with E-state index in [0.717, 1.165) is 5.56 Å². The van der Waals surface area contributed by atoms with Crippen LogP contribution >= 0.6 is 23.2 Å². The van der Waals surface area contributed by atoms with E-state index in [1.807, 2.05) is 26.0 Å². The predicted octanol–water partition coefficient (Wildman–Crippen LogP) is 4.98. The number of rotatable bonds is 7. The van der Waals surface area contributed by atoms with Crippen LogP contribution in [-0.2, 0) is 10.3 Å². The maximum absolute atomic E-state index is 15.5. The lowest BCUT2D eigenvalue weighted by atomic mass is 9.68. The lowest BCUT2D eigenvalue weighted by Gasteiger charge is -2.39. The van der Waals surface area contributed by atoms with E-state index < -0.39 is 28.7 Å². The van der Waals surface area contributed by atoms with Crippen molar-refractivity contribution in [2.24, 2.45) is 16.6 Å². The number of aliphatic hydroxyl groups is 1. The number of amides is 1. The van der Waals surface area contributed by atoms with Crippen molar-refractivity contribution in [2.45, 2.75) is 64.6 Å². The maximum atomic E-state index is 15.5. The molecule has 2 aromatic rings. The Balaban J connectivity index is 2.18. The Bertz CT molecular complexity index is 1060. The van der Waals surface area contributed by atoms with Crippen molar-refractivity contribution in [1.29, 1.82) is 0 Å². The van der Waals surface area contributed by atoms with E-state index in [2.05, 4.69) is 31.4 Å². The van der Waals surface area contributed by atoms with Gasteiger partial charge in [-0.25, -0.2) is 4.39 Å². The first kappa shape index (κ1) is 27.9. The van der Waals surface area contributed by atoms with Gasteiger partial charge in [-0.3, -0.25) is 4.79 Å². The molecule has 5 N–H and O–H groups in total. The summed E-state index contributed by atoms with van der Waals surface area (Å²) in [6.07, 6.45) is 0.636. The number of aliphatic hydroxyl groups excluding tert-OH is 1. The molecule has 3 rings (SSSR count). The summed E-state index contributed by atoms with van der Waals surface area (Å²) in [5.41, 5.74) is 6.53. The molecule has 1 aliphatic heterocycles. The molecule has 1 fully saturated rings. The fraction of sp³-hybridized carbons (Fsp3) is 0.519. The number of carbonyl (C=O) groups excluding carboxylic acids is 1. The molecule has 1 saturated heterocycles. The van der Waals surface area contributed by atoms with Crippen LogP contribution in [0.2, 0.25) is 10.0 Å². The molecule has 0 aromatic heterocycles. The zero-order valence-electron chi connectivity index (χ0n) is 21.0. The van der Waals surface area contributed by atoms with Gasteiger partial charge < -0.3 is 21.5 Å². The fourth-order valence-corrected chi connectivity index (χ4v) is 5.13. The van der Waals surface area contributed by atoms with Crippen molar-refractivity contribution in [3.63, 3.8) is 0 Å². The number of benzene rings is 2. The molecule has 2 aromatic carbocycles. The summed E-state index contributed by atoms with van der Waals surface area (Å²) in [5, 5.41) is 16.6. The molecule has 0 unspecified atom stereocenters. The minimum absolute atomic E-state index is 0.0270. The van der Waals surface area contributed by atoms with Crippen LogP contribution in [0.15, 0.2) is 42.5 Å². The number of nitrogens with two attached hydrogens (primary N) is 1. The van der Waals surface area contributed by atoms with Gasteiger partial charge in [0, 0.05) is 35.5 Å². The average molecular weight is 525 g/mol. The van der Waals surface area contributed by atoms with Crippen molar-refractivity contribution in [1.82, 2.24) is 10.6 Å². The third-order valence-electron chi connectivity index (χ3n) is 6.73. The Morgan fingerprint density at radius 3 is 2.34 bits per heavy atom. The molecular formula is C27H36Cl2FN3O2. The number of halogens is 3. The molecular weight excluding hydrogens is 488 g/mol. The van der Waals surface area contributed by atoms with E-state index >= 15 is 4.39 Å². The summed E-state index contributed by atoms with van der Waals surface area (Å²) in [6.45, 7) is 10.2. The van der Waals surface area contributed by atoms with Gasteiger partial charge in [0.1, 0.15) is 5.82 Å². The van der Waals surface area contributed by atoms with Crippen LogP contribution in [0.25, 0.3) is 0 Å². The Labute approximate surface area is 217 Å². The van der Waals surface area contributed by atoms with Crippen molar-refractivity contribution >= 4 is 29.1 Å². The van der Waals surface area contributed by atoms with Gasteiger partial charge in [0.15, 0.2) is 0 Å². The molecule has 1 amide bonds. The number of carbonyl (C=O) groups is 1. The average Bonchev–Trinajstić information content (AvgIpc) is 3.06. The highest BCUT2D eigenvalue weighted by Crippen LogP contribution is 2.49. The lowest BCUT2D eigenvalue weighted by Crippen LogP contribution is -2.52. The molecule has 1 aliphatic rings. The van der Waals surface area contributed by atoms with Crippen LogP contribution in [0.3, 0.4) is 0 Å². The summed E-state index contributed by atoms with van der Waals surface area (Å²) < 4.78 is 15.5. The molecule has 0 saturated carbocycles. The summed E-state index contributed by atoms with van der Waals surface area (Å²) >= 11 is 12.3. The summed E-state index contributed by atoms with van der Waals surface area (Å²) in [6, 6.07) is 10.8. The van der Waals surface area contributed by atoms with Gasteiger partial charge in [-0.1, -0.05) is 82.1 Å². The lowest BCUT2D eigenvalue weighted by molar-refractivity contribution is -0.123. The highest BCUT2D eigenvalue weighted by Gasteiger charge is 2.57. The van der Waals surface area contributed by atoms with Gasteiger partial charge in [-0.05, 0) is 41.2 Å². The first-order valence-electron chi connectivity index (χ1n) is 11.8. The van der Waals surface area contributed by atoms with Crippen molar-refractivity contribution in [2.75, 3.05) is 13.2 Å². The quantitative estimate of drug-likeness (QED) is 0.412. The van der Waals surface area contributed by atoms with Crippen molar-refractivity contribution in [3.8, 4) is 0 Å². The Kier molecular flexibility index (Phi) is 8.24. The van der Waals surface area contributed by atoms with Gasteiger partial charge in [-0.15, -0.1) is 0 Å². The van der Waals surface area contributed by atoms with E-state index in [0.29, 0.717) is 11.4 Å². The normalized spacial score (nSPS) is 25.0. The molecule has 5 nitrogen and oxygen atoms in total. The SMILES string of the molecule is CC(C)(C)C[C@@H]1N[C@@H](C(=O)NCC(C)(C)CO)[C@H](c2cccc(Cl)c2F)[C@@]1(N)c1ccc(Cl)cc1. The second-order valence-electron chi connectivity index (χ2n) is 11.6. The molecule has 0 radical (unpaired) electrons. The van der Waals surface area contributed by atoms with Crippen LogP contribution in [0.5, 0.6) is 0 Å². The van der Waals surface area contributed by atoms with Gasteiger partial charge >= 0.3 is 0 Å². The highest BCUT2D eigenvalue weighted by atomic mass is 35.5. The summed E-state index contributed by atoms with van der Waals surface area (Å²) in [5.74, 6) is -1.65. The summed E-state index contributed by atoms with van der Waals surface area (Å²) in [4.78, 5) is 13.6. The zero-order valence-corrected chi connectivity index (χ0v) is 22.5. The van der Waals surface area contributed by atoms with Crippen molar-refractivity contribution < 1.29 is 14.3 Å². The number of hydrogen-bond acceptors (Lipinski definition) is 4. The Hall–Kier alpha value is -1.70. The van der Waals surface area contributed by atoms with E-state index in [-0.39, 0.29) is 41.1 Å². The van der Waals surface area contributed by atoms with E-state index in [1.54, 1.807) is 24.3 Å². The largest absolute Gasteiger partial charge is 0.396 e. The standard InChI is InChI=1S/C27H36Cl2FN3O2/c1-25(2,3)13-20-27(31,16-9-11-17(28)12-10-16)21(18-7-6-8-19(29)22(18)30)23(33-20)24(35)32-14-26(4,5)15-34/h6-12,20-21,23,33-34H,13-15,31H2,1-5H3,(H,32,35)/t20-,21-,23+,27+/m0/s1. The third-order valence-corrected chi connectivity index (χ3v) is 7.28. The van der Waals surface area contributed by atoms with Crippen LogP contribution in [0, 0.1) is 16.6 Å². The van der Waals surface area contributed by atoms with Gasteiger partial charge in [0.25, 0.3) is 0 Å². The number of hydrogen-bond donors (Lipinski definition) is 4. The molecule has 35 heavy (non-hydrogen) atoms. The fourth-order valence-electron chi connectivity index (χ4n) is 4.82. The van der Waals surface area contributed by atoms with Crippen LogP contribution < -0.4 is 16.4 Å². The number of nitrogens with one attached hydrogen (secondary N) is 2. The second-order valence-corrected chi connectivity index (χ2v) is 12.4. The molecule has 0 aliphatic carbocycles. The first-order chi connectivity index (χ1) is 16.2. The van der Waals surface area contributed by atoms with Crippen LogP contribution in [0.4, 0.5) is 4.39 Å². The molecule has 192 valence electrons. The molecule has 0 bridgehead atoms. The second kappa shape index (κ2) is 10.3.